The van der Waals surface area contributed by atoms with Crippen molar-refractivity contribution in [3.8, 4) is 0 Å². The molecule has 1 N–H and O–H groups in total. The van der Waals surface area contributed by atoms with Crippen molar-refractivity contribution in [3.05, 3.63) is 76.4 Å². The van der Waals surface area contributed by atoms with Gasteiger partial charge in [-0.1, -0.05) is 58.4 Å². The average molecular weight is 328 g/mol. The molecule has 3 rings (SSSR count). The third-order valence-electron chi connectivity index (χ3n) is 3.33. The Bertz CT molecular complexity index is 742. The van der Waals surface area contributed by atoms with Crippen LogP contribution in [0.5, 0.6) is 0 Å². The highest BCUT2D eigenvalue weighted by atomic mass is 79.9. The molecule has 0 bridgehead atoms. The van der Waals surface area contributed by atoms with Crippen LogP contribution in [-0.2, 0) is 6.42 Å². The highest BCUT2D eigenvalue weighted by Crippen LogP contribution is 2.24. The van der Waals surface area contributed by atoms with Crippen LogP contribution in [0.25, 0.3) is 10.9 Å². The fourth-order valence-corrected chi connectivity index (χ4v) is 2.69. The first-order valence-electron chi connectivity index (χ1n) is 6.51. The molecule has 2 nitrogen and oxygen atoms in total. The molecule has 20 heavy (non-hydrogen) atoms. The van der Waals surface area contributed by atoms with Gasteiger partial charge in [-0.3, -0.25) is 4.98 Å². The van der Waals surface area contributed by atoms with E-state index in [-0.39, 0.29) is 0 Å². The maximum Gasteiger partial charge on any atom is 0.100 e. The van der Waals surface area contributed by atoms with Crippen molar-refractivity contribution in [2.24, 2.45) is 0 Å². The molecule has 0 aliphatic carbocycles. The number of para-hydroxylation sites is 1. The first-order chi connectivity index (χ1) is 9.74. The first-order valence-corrected chi connectivity index (χ1v) is 7.30. The fraction of sp³-hybridized carbons (Fsp3) is 0.118. The lowest BCUT2D eigenvalue weighted by Gasteiger charge is -2.12. The number of halogens is 1. The molecule has 1 heterocycles. The molecular weight excluding hydrogens is 314 g/mol. The predicted molar refractivity (Wildman–Crippen MR) is 84.5 cm³/mol. The lowest BCUT2D eigenvalue weighted by molar-refractivity contribution is 0.174. The van der Waals surface area contributed by atoms with Crippen LogP contribution in [0.3, 0.4) is 0 Å². The van der Waals surface area contributed by atoms with Gasteiger partial charge in [-0.25, -0.2) is 0 Å². The number of aromatic nitrogens is 1. The minimum absolute atomic E-state index is 0.548. The Morgan fingerprint density at radius 3 is 2.55 bits per heavy atom. The smallest absolute Gasteiger partial charge is 0.100 e. The summed E-state index contributed by atoms with van der Waals surface area (Å²) in [6.45, 7) is 0. The second-order valence-corrected chi connectivity index (χ2v) is 5.59. The monoisotopic (exact) mass is 327 g/mol. The molecule has 0 aliphatic rings. The van der Waals surface area contributed by atoms with Gasteiger partial charge in [-0.05, 0) is 23.8 Å². The number of pyridine rings is 1. The van der Waals surface area contributed by atoms with E-state index in [0.29, 0.717) is 12.1 Å². The van der Waals surface area contributed by atoms with Crippen molar-refractivity contribution in [1.82, 2.24) is 4.98 Å². The number of hydrogen-bond donors (Lipinski definition) is 1. The van der Waals surface area contributed by atoms with Gasteiger partial charge in [0, 0.05) is 16.3 Å². The Balaban J connectivity index is 1.89. The Hall–Kier alpha value is -1.71. The highest BCUT2D eigenvalue weighted by molar-refractivity contribution is 9.10. The second-order valence-electron chi connectivity index (χ2n) is 4.74. The van der Waals surface area contributed by atoms with Crippen molar-refractivity contribution >= 4 is 26.8 Å². The van der Waals surface area contributed by atoms with Crippen molar-refractivity contribution < 1.29 is 5.11 Å². The number of nitrogens with zero attached hydrogens (tertiary/aromatic N) is 1. The van der Waals surface area contributed by atoms with Crippen molar-refractivity contribution in [2.75, 3.05) is 0 Å². The molecule has 1 unspecified atom stereocenters. The molecule has 0 radical (unpaired) electrons. The van der Waals surface area contributed by atoms with Crippen LogP contribution in [-0.4, -0.2) is 10.1 Å². The second kappa shape index (κ2) is 5.73. The summed E-state index contributed by atoms with van der Waals surface area (Å²) in [5.74, 6) is 0. The van der Waals surface area contributed by atoms with E-state index >= 15 is 0 Å². The van der Waals surface area contributed by atoms with Crippen LogP contribution in [0.1, 0.15) is 17.4 Å². The summed E-state index contributed by atoms with van der Waals surface area (Å²) < 4.78 is 1.01. The van der Waals surface area contributed by atoms with Crippen LogP contribution < -0.4 is 0 Å². The third kappa shape index (κ3) is 2.74. The SMILES string of the molecule is OC(Cc1ccccc1Br)c1ccc2ccccc2n1. The molecule has 0 saturated heterocycles. The summed E-state index contributed by atoms with van der Waals surface area (Å²) in [6, 6.07) is 19.8. The molecule has 3 aromatic rings. The van der Waals surface area contributed by atoms with Gasteiger partial charge >= 0.3 is 0 Å². The number of aliphatic hydroxyl groups excluding tert-OH is 1. The average Bonchev–Trinajstić information content (AvgIpc) is 2.49. The molecule has 0 aliphatic heterocycles. The maximum atomic E-state index is 10.4. The number of aliphatic hydroxyl groups is 1. The molecule has 3 heteroatoms. The topological polar surface area (TPSA) is 33.1 Å². The zero-order valence-corrected chi connectivity index (χ0v) is 12.4. The molecule has 0 spiro atoms. The molecule has 0 fully saturated rings. The van der Waals surface area contributed by atoms with E-state index in [2.05, 4.69) is 20.9 Å². The third-order valence-corrected chi connectivity index (χ3v) is 4.11. The van der Waals surface area contributed by atoms with Gasteiger partial charge in [0.1, 0.15) is 6.10 Å². The minimum Gasteiger partial charge on any atom is -0.386 e. The van der Waals surface area contributed by atoms with Crippen molar-refractivity contribution in [1.29, 1.82) is 0 Å². The minimum atomic E-state index is -0.599. The Labute approximate surface area is 126 Å². The molecule has 1 aromatic heterocycles. The van der Waals surface area contributed by atoms with Crippen LogP contribution in [0.4, 0.5) is 0 Å². The molecule has 2 aromatic carbocycles. The van der Waals surface area contributed by atoms with Crippen LogP contribution in [0.15, 0.2) is 65.1 Å². The zero-order valence-electron chi connectivity index (χ0n) is 10.8. The van der Waals surface area contributed by atoms with E-state index in [0.717, 1.165) is 20.9 Å². The first kappa shape index (κ1) is 13.3. The molecular formula is C17H14BrNO. The largest absolute Gasteiger partial charge is 0.386 e. The van der Waals surface area contributed by atoms with Crippen LogP contribution in [0.2, 0.25) is 0 Å². The predicted octanol–water partition coefficient (Wildman–Crippen LogP) is 4.27. The Kier molecular flexibility index (Phi) is 3.81. The number of rotatable bonds is 3. The molecule has 0 saturated carbocycles. The van der Waals surface area contributed by atoms with E-state index in [1.807, 2.05) is 60.7 Å². The van der Waals surface area contributed by atoms with Gasteiger partial charge in [0.05, 0.1) is 11.2 Å². The zero-order chi connectivity index (χ0) is 13.9. The van der Waals surface area contributed by atoms with E-state index in [1.165, 1.54) is 0 Å². The van der Waals surface area contributed by atoms with E-state index in [9.17, 15) is 5.11 Å². The van der Waals surface area contributed by atoms with Gasteiger partial charge in [-0.2, -0.15) is 0 Å². The number of hydrogen-bond acceptors (Lipinski definition) is 2. The Morgan fingerprint density at radius 1 is 0.950 bits per heavy atom. The quantitative estimate of drug-likeness (QED) is 0.779. The summed E-state index contributed by atoms with van der Waals surface area (Å²) in [6.07, 6.45) is -0.0504. The Morgan fingerprint density at radius 2 is 1.70 bits per heavy atom. The normalized spacial score (nSPS) is 12.5. The van der Waals surface area contributed by atoms with Gasteiger partial charge in [0.2, 0.25) is 0 Å². The van der Waals surface area contributed by atoms with Crippen molar-refractivity contribution in [3.63, 3.8) is 0 Å². The van der Waals surface area contributed by atoms with E-state index in [4.69, 9.17) is 0 Å². The van der Waals surface area contributed by atoms with E-state index < -0.39 is 6.10 Å². The van der Waals surface area contributed by atoms with Gasteiger partial charge in [0.15, 0.2) is 0 Å². The standard InChI is InChI=1S/C17H14BrNO/c18-14-7-3-1-6-13(14)11-17(20)16-10-9-12-5-2-4-8-15(12)19-16/h1-10,17,20H,11H2. The molecule has 0 amide bonds. The van der Waals surface area contributed by atoms with Crippen LogP contribution >= 0.6 is 15.9 Å². The lowest BCUT2D eigenvalue weighted by Crippen LogP contribution is -2.04. The van der Waals surface area contributed by atoms with Gasteiger partial charge in [-0.15, -0.1) is 0 Å². The van der Waals surface area contributed by atoms with E-state index in [1.54, 1.807) is 0 Å². The number of benzene rings is 2. The van der Waals surface area contributed by atoms with Crippen LogP contribution in [0, 0.1) is 0 Å². The summed E-state index contributed by atoms with van der Waals surface area (Å²) in [4.78, 5) is 4.54. The maximum absolute atomic E-state index is 10.4. The molecule has 100 valence electrons. The summed E-state index contributed by atoms with van der Waals surface area (Å²) in [7, 11) is 0. The van der Waals surface area contributed by atoms with Crippen molar-refractivity contribution in [2.45, 2.75) is 12.5 Å². The fourth-order valence-electron chi connectivity index (χ4n) is 2.24. The van der Waals surface area contributed by atoms with Gasteiger partial charge in [0.25, 0.3) is 0 Å². The van der Waals surface area contributed by atoms with Gasteiger partial charge < -0.3 is 5.11 Å². The highest BCUT2D eigenvalue weighted by Gasteiger charge is 2.12. The summed E-state index contributed by atoms with van der Waals surface area (Å²) in [5.41, 5.74) is 2.70. The molecule has 1 atom stereocenters. The summed E-state index contributed by atoms with van der Waals surface area (Å²) >= 11 is 3.51. The summed E-state index contributed by atoms with van der Waals surface area (Å²) in [5, 5.41) is 11.5. The number of fused-ring (bicyclic) bond motifs is 1. The lowest BCUT2D eigenvalue weighted by atomic mass is 10.0.